The van der Waals surface area contributed by atoms with Gasteiger partial charge in [0.15, 0.2) is 0 Å². The number of nitrogens with zero attached hydrogens (tertiary/aromatic N) is 1. The largest absolute Gasteiger partial charge is 0.396 e. The second-order valence-electron chi connectivity index (χ2n) is 4.32. The summed E-state index contributed by atoms with van der Waals surface area (Å²) in [5, 5.41) is 8.96. The van der Waals surface area contributed by atoms with E-state index in [1.54, 1.807) is 12.1 Å². The van der Waals surface area contributed by atoms with E-state index in [1.165, 1.54) is 12.1 Å². The Balaban J connectivity index is 2.84. The fraction of sp³-hybridized carbons (Fsp3) is 0.500. The highest BCUT2D eigenvalue weighted by Crippen LogP contribution is 2.24. The van der Waals surface area contributed by atoms with Gasteiger partial charge in [0.1, 0.15) is 5.82 Å². The third-order valence-corrected chi connectivity index (χ3v) is 2.85. The van der Waals surface area contributed by atoms with Crippen LogP contribution in [0.25, 0.3) is 0 Å². The molecular weight excluding hydrogens is 193 g/mol. The lowest BCUT2D eigenvalue weighted by atomic mass is 9.98. The van der Waals surface area contributed by atoms with Crippen LogP contribution >= 0.6 is 0 Å². The van der Waals surface area contributed by atoms with Crippen molar-refractivity contribution in [3.8, 4) is 0 Å². The molecule has 3 heteroatoms. The highest BCUT2D eigenvalue weighted by atomic mass is 19.1. The first-order valence-electron chi connectivity index (χ1n) is 5.07. The van der Waals surface area contributed by atoms with E-state index in [-0.39, 0.29) is 18.0 Å². The van der Waals surface area contributed by atoms with E-state index in [2.05, 4.69) is 0 Å². The normalized spacial score (nSPS) is 11.5. The molecule has 1 N–H and O–H groups in total. The van der Waals surface area contributed by atoms with Crippen molar-refractivity contribution in [2.45, 2.75) is 25.8 Å². The van der Waals surface area contributed by atoms with Crippen LogP contribution in [-0.2, 0) is 0 Å². The molecule has 84 valence electrons. The molecule has 0 aliphatic rings. The zero-order valence-corrected chi connectivity index (χ0v) is 9.50. The van der Waals surface area contributed by atoms with Gasteiger partial charge in [-0.1, -0.05) is 0 Å². The summed E-state index contributed by atoms with van der Waals surface area (Å²) in [6.45, 7) is 4.25. The number of anilines is 1. The first-order chi connectivity index (χ1) is 6.97. The van der Waals surface area contributed by atoms with Gasteiger partial charge >= 0.3 is 0 Å². The summed E-state index contributed by atoms with van der Waals surface area (Å²) in [7, 11) is 1.95. The molecule has 1 rings (SSSR count). The van der Waals surface area contributed by atoms with Crippen LogP contribution in [0.2, 0.25) is 0 Å². The minimum atomic E-state index is -0.230. The maximum atomic E-state index is 12.7. The molecule has 0 aliphatic carbocycles. The minimum absolute atomic E-state index is 0.132. The van der Waals surface area contributed by atoms with Crippen LogP contribution in [0.15, 0.2) is 24.3 Å². The van der Waals surface area contributed by atoms with Crippen molar-refractivity contribution in [2.24, 2.45) is 0 Å². The summed E-state index contributed by atoms with van der Waals surface area (Å²) >= 11 is 0. The fourth-order valence-electron chi connectivity index (χ4n) is 1.46. The number of aliphatic hydroxyl groups excluding tert-OH is 1. The molecule has 0 saturated heterocycles. The van der Waals surface area contributed by atoms with Crippen molar-refractivity contribution < 1.29 is 9.50 Å². The third-order valence-electron chi connectivity index (χ3n) is 2.85. The van der Waals surface area contributed by atoms with Crippen molar-refractivity contribution in [1.29, 1.82) is 0 Å². The maximum Gasteiger partial charge on any atom is 0.123 e. The Hall–Kier alpha value is -1.09. The van der Waals surface area contributed by atoms with Crippen LogP contribution in [-0.4, -0.2) is 24.3 Å². The predicted molar refractivity (Wildman–Crippen MR) is 60.6 cm³/mol. The Bertz CT molecular complexity index is 308. The lowest BCUT2D eigenvalue weighted by Gasteiger charge is -2.37. The SMILES string of the molecule is CN(c1ccc(F)cc1)C(C)(C)CCO. The monoisotopic (exact) mass is 211 g/mol. The van der Waals surface area contributed by atoms with Crippen LogP contribution < -0.4 is 4.90 Å². The molecule has 0 aliphatic heterocycles. The Morgan fingerprint density at radius 1 is 1.27 bits per heavy atom. The smallest absolute Gasteiger partial charge is 0.123 e. The van der Waals surface area contributed by atoms with Gasteiger partial charge in [0.25, 0.3) is 0 Å². The van der Waals surface area contributed by atoms with Gasteiger partial charge < -0.3 is 10.0 Å². The Kier molecular flexibility index (Phi) is 3.69. The molecular formula is C12H18FNO. The molecule has 2 nitrogen and oxygen atoms in total. The summed E-state index contributed by atoms with van der Waals surface area (Å²) in [4.78, 5) is 2.04. The lowest BCUT2D eigenvalue weighted by molar-refractivity contribution is 0.250. The molecule has 0 spiro atoms. The van der Waals surface area contributed by atoms with Crippen LogP contribution in [0.1, 0.15) is 20.3 Å². The van der Waals surface area contributed by atoms with Crippen molar-refractivity contribution in [1.82, 2.24) is 0 Å². The summed E-state index contributed by atoms with van der Waals surface area (Å²) in [5.74, 6) is -0.230. The quantitative estimate of drug-likeness (QED) is 0.826. The Morgan fingerprint density at radius 3 is 2.27 bits per heavy atom. The van der Waals surface area contributed by atoms with E-state index in [1.807, 2.05) is 25.8 Å². The summed E-state index contributed by atoms with van der Waals surface area (Å²) in [6, 6.07) is 6.38. The van der Waals surface area contributed by atoms with Gasteiger partial charge in [0, 0.05) is 24.9 Å². The minimum Gasteiger partial charge on any atom is -0.396 e. The van der Waals surface area contributed by atoms with Crippen LogP contribution in [0.5, 0.6) is 0 Å². The molecule has 0 heterocycles. The average Bonchev–Trinajstić information content (AvgIpc) is 2.18. The van der Waals surface area contributed by atoms with Crippen LogP contribution in [0, 0.1) is 5.82 Å². The van der Waals surface area contributed by atoms with E-state index in [9.17, 15) is 4.39 Å². The van der Waals surface area contributed by atoms with E-state index >= 15 is 0 Å². The standard InChI is InChI=1S/C12H18FNO/c1-12(2,8-9-15)14(3)11-6-4-10(13)5-7-11/h4-7,15H,8-9H2,1-3H3. The first kappa shape index (κ1) is 12.0. The highest BCUT2D eigenvalue weighted by Gasteiger charge is 2.22. The average molecular weight is 211 g/mol. The van der Waals surface area contributed by atoms with Crippen molar-refractivity contribution in [3.63, 3.8) is 0 Å². The Labute approximate surface area is 90.3 Å². The van der Waals surface area contributed by atoms with Gasteiger partial charge in [-0.25, -0.2) is 4.39 Å². The first-order valence-corrected chi connectivity index (χ1v) is 5.07. The fourth-order valence-corrected chi connectivity index (χ4v) is 1.46. The number of halogens is 1. The number of rotatable bonds is 4. The summed E-state index contributed by atoms with van der Waals surface area (Å²) < 4.78 is 12.7. The van der Waals surface area contributed by atoms with E-state index in [4.69, 9.17) is 5.11 Å². The third kappa shape index (κ3) is 2.93. The van der Waals surface area contributed by atoms with Gasteiger partial charge in [0.05, 0.1) is 0 Å². The maximum absolute atomic E-state index is 12.7. The van der Waals surface area contributed by atoms with E-state index in [0.717, 1.165) is 5.69 Å². The van der Waals surface area contributed by atoms with Crippen molar-refractivity contribution in [2.75, 3.05) is 18.6 Å². The molecule has 1 aromatic carbocycles. The lowest BCUT2D eigenvalue weighted by Crippen LogP contribution is -2.41. The van der Waals surface area contributed by atoms with Crippen LogP contribution in [0.4, 0.5) is 10.1 Å². The summed E-state index contributed by atoms with van der Waals surface area (Å²) in [6.07, 6.45) is 0.681. The molecule has 15 heavy (non-hydrogen) atoms. The molecule has 0 unspecified atom stereocenters. The zero-order valence-electron chi connectivity index (χ0n) is 9.50. The van der Waals surface area contributed by atoms with E-state index in [0.29, 0.717) is 6.42 Å². The number of aliphatic hydroxyl groups is 1. The Morgan fingerprint density at radius 2 is 1.80 bits per heavy atom. The second-order valence-corrected chi connectivity index (χ2v) is 4.32. The molecule has 0 fully saturated rings. The molecule has 0 saturated carbocycles. The molecule has 0 amide bonds. The zero-order chi connectivity index (χ0) is 11.5. The van der Waals surface area contributed by atoms with Crippen molar-refractivity contribution in [3.05, 3.63) is 30.1 Å². The number of hydrogen-bond acceptors (Lipinski definition) is 2. The molecule has 0 radical (unpaired) electrons. The molecule has 0 atom stereocenters. The predicted octanol–water partition coefficient (Wildman–Crippen LogP) is 2.42. The number of benzene rings is 1. The van der Waals surface area contributed by atoms with Gasteiger partial charge in [-0.15, -0.1) is 0 Å². The highest BCUT2D eigenvalue weighted by molar-refractivity contribution is 5.47. The van der Waals surface area contributed by atoms with Gasteiger partial charge in [-0.2, -0.15) is 0 Å². The topological polar surface area (TPSA) is 23.5 Å². The van der Waals surface area contributed by atoms with E-state index < -0.39 is 0 Å². The molecule has 0 bridgehead atoms. The number of hydrogen-bond donors (Lipinski definition) is 1. The summed E-state index contributed by atoms with van der Waals surface area (Å²) in [5.41, 5.74) is 0.821. The molecule has 0 aromatic heterocycles. The van der Waals surface area contributed by atoms with Crippen molar-refractivity contribution >= 4 is 5.69 Å². The van der Waals surface area contributed by atoms with Crippen LogP contribution in [0.3, 0.4) is 0 Å². The second kappa shape index (κ2) is 4.62. The van der Waals surface area contributed by atoms with Gasteiger partial charge in [-0.3, -0.25) is 0 Å². The van der Waals surface area contributed by atoms with Gasteiger partial charge in [0.2, 0.25) is 0 Å². The molecule has 1 aromatic rings. The van der Waals surface area contributed by atoms with Gasteiger partial charge in [-0.05, 0) is 44.5 Å².